The van der Waals surface area contributed by atoms with Gasteiger partial charge in [0.1, 0.15) is 5.75 Å². The fourth-order valence-electron chi connectivity index (χ4n) is 3.17. The average molecular weight is 571 g/mol. The summed E-state index contributed by atoms with van der Waals surface area (Å²) in [4.78, 5) is 12.4. The Morgan fingerprint density at radius 1 is 1.14 bits per heavy atom. The van der Waals surface area contributed by atoms with Gasteiger partial charge in [0.05, 0.1) is 18.6 Å². The van der Waals surface area contributed by atoms with E-state index in [0.29, 0.717) is 22.6 Å². The van der Waals surface area contributed by atoms with E-state index in [1.54, 1.807) is 18.3 Å². The second-order valence-electron chi connectivity index (χ2n) is 7.21. The van der Waals surface area contributed by atoms with Gasteiger partial charge < -0.3 is 4.74 Å². The second kappa shape index (κ2) is 12.0. The van der Waals surface area contributed by atoms with Gasteiger partial charge in [-0.25, -0.2) is 5.43 Å². The molecule has 10 heteroatoms. The molecule has 0 saturated heterocycles. The SMILES string of the molecule is CCOc1ccc(-n2c(SCC(=O)N/N=C/c3cccc(Br)c3)nnc2-c2ccc(Cl)cc2)cc1. The maximum absolute atomic E-state index is 12.4. The van der Waals surface area contributed by atoms with Crippen molar-refractivity contribution in [3.05, 3.63) is 87.9 Å². The van der Waals surface area contributed by atoms with Crippen LogP contribution in [0.5, 0.6) is 5.75 Å². The zero-order chi connectivity index (χ0) is 24.6. The Bertz CT molecular complexity index is 1330. The Morgan fingerprint density at radius 2 is 1.91 bits per heavy atom. The minimum Gasteiger partial charge on any atom is -0.494 e. The van der Waals surface area contributed by atoms with Gasteiger partial charge in [0.25, 0.3) is 5.91 Å². The Balaban J connectivity index is 1.52. The standard InChI is InChI=1S/C25H21BrClN5O2S/c1-2-34-22-12-10-21(11-13-22)32-24(18-6-8-20(27)9-7-18)30-31-25(32)35-16-23(33)29-28-15-17-4-3-5-19(26)14-17/h3-15H,2,16H2,1H3,(H,29,33)/b28-15+. The topological polar surface area (TPSA) is 81.4 Å². The van der Waals surface area contributed by atoms with Crippen molar-refractivity contribution in [3.8, 4) is 22.8 Å². The van der Waals surface area contributed by atoms with Crippen molar-refractivity contribution >= 4 is 51.4 Å². The number of hydrogen-bond donors (Lipinski definition) is 1. The van der Waals surface area contributed by atoms with Crippen LogP contribution in [-0.4, -0.2) is 39.2 Å². The van der Waals surface area contributed by atoms with Crippen molar-refractivity contribution in [3.63, 3.8) is 0 Å². The molecule has 178 valence electrons. The fourth-order valence-corrected chi connectivity index (χ4v) is 4.46. The van der Waals surface area contributed by atoms with Gasteiger partial charge >= 0.3 is 0 Å². The fraction of sp³-hybridized carbons (Fsp3) is 0.120. The zero-order valence-corrected chi connectivity index (χ0v) is 21.8. The number of nitrogens with zero attached hydrogens (tertiary/aromatic N) is 4. The molecule has 35 heavy (non-hydrogen) atoms. The summed E-state index contributed by atoms with van der Waals surface area (Å²) in [6, 6.07) is 22.6. The number of aromatic nitrogens is 3. The first-order valence-corrected chi connectivity index (χ1v) is 12.8. The van der Waals surface area contributed by atoms with Gasteiger partial charge in [-0.3, -0.25) is 9.36 Å². The lowest BCUT2D eigenvalue weighted by molar-refractivity contribution is -0.118. The molecule has 0 fully saturated rings. The number of rotatable bonds is 9. The van der Waals surface area contributed by atoms with Crippen LogP contribution in [0.25, 0.3) is 17.1 Å². The summed E-state index contributed by atoms with van der Waals surface area (Å²) in [5, 5.41) is 14.0. The molecular formula is C25H21BrClN5O2S. The molecule has 0 aliphatic carbocycles. The first-order chi connectivity index (χ1) is 17.0. The van der Waals surface area contributed by atoms with Crippen molar-refractivity contribution < 1.29 is 9.53 Å². The Labute approximate surface area is 220 Å². The van der Waals surface area contributed by atoms with Crippen LogP contribution in [0.4, 0.5) is 0 Å². The molecule has 0 bridgehead atoms. The van der Waals surface area contributed by atoms with Gasteiger partial charge in [-0.15, -0.1) is 10.2 Å². The summed E-state index contributed by atoms with van der Waals surface area (Å²) < 4.78 is 8.40. The maximum atomic E-state index is 12.4. The van der Waals surface area contributed by atoms with Crippen LogP contribution in [-0.2, 0) is 4.79 Å². The minimum atomic E-state index is -0.254. The van der Waals surface area contributed by atoms with Gasteiger partial charge in [0, 0.05) is 20.7 Å². The number of halogens is 2. The van der Waals surface area contributed by atoms with Gasteiger partial charge in [-0.2, -0.15) is 5.10 Å². The molecule has 1 amide bonds. The Morgan fingerprint density at radius 3 is 2.63 bits per heavy atom. The Hall–Kier alpha value is -3.14. The molecule has 1 heterocycles. The van der Waals surface area contributed by atoms with E-state index in [1.165, 1.54) is 11.8 Å². The molecule has 0 aliphatic heterocycles. The van der Waals surface area contributed by atoms with Crippen LogP contribution in [0, 0.1) is 0 Å². The number of hydrazone groups is 1. The first kappa shape index (κ1) is 25.0. The number of carbonyl (C=O) groups excluding carboxylic acids is 1. The minimum absolute atomic E-state index is 0.117. The zero-order valence-electron chi connectivity index (χ0n) is 18.7. The number of amides is 1. The highest BCUT2D eigenvalue weighted by Crippen LogP contribution is 2.29. The monoisotopic (exact) mass is 569 g/mol. The van der Waals surface area contributed by atoms with E-state index in [0.717, 1.165) is 27.0 Å². The number of carbonyl (C=O) groups is 1. The van der Waals surface area contributed by atoms with Gasteiger partial charge in [0.15, 0.2) is 11.0 Å². The summed E-state index contributed by atoms with van der Waals surface area (Å²) in [6.07, 6.45) is 1.59. The molecule has 1 aromatic heterocycles. The molecule has 3 aromatic carbocycles. The predicted molar refractivity (Wildman–Crippen MR) is 144 cm³/mol. The summed E-state index contributed by atoms with van der Waals surface area (Å²) in [7, 11) is 0. The highest BCUT2D eigenvalue weighted by molar-refractivity contribution is 9.10. The molecule has 0 unspecified atom stereocenters. The molecular weight excluding hydrogens is 550 g/mol. The third-order valence-corrected chi connectivity index (χ3v) is 6.40. The van der Waals surface area contributed by atoms with Crippen molar-refractivity contribution in [1.29, 1.82) is 0 Å². The third-order valence-electron chi connectivity index (χ3n) is 4.73. The average Bonchev–Trinajstić information content (AvgIpc) is 3.28. The molecule has 0 spiro atoms. The highest BCUT2D eigenvalue weighted by Gasteiger charge is 2.17. The van der Waals surface area contributed by atoms with E-state index < -0.39 is 0 Å². The van der Waals surface area contributed by atoms with Gasteiger partial charge in [0.2, 0.25) is 0 Å². The molecule has 0 saturated carbocycles. The third kappa shape index (κ3) is 6.72. The van der Waals surface area contributed by atoms with Crippen molar-refractivity contribution in [2.75, 3.05) is 12.4 Å². The second-order valence-corrected chi connectivity index (χ2v) is 9.51. The quantitative estimate of drug-likeness (QED) is 0.152. The van der Waals surface area contributed by atoms with Crippen LogP contribution < -0.4 is 10.2 Å². The van der Waals surface area contributed by atoms with E-state index in [1.807, 2.05) is 72.2 Å². The summed E-state index contributed by atoms with van der Waals surface area (Å²) in [5.41, 5.74) is 5.12. The van der Waals surface area contributed by atoms with E-state index in [4.69, 9.17) is 16.3 Å². The molecule has 4 rings (SSSR count). The molecule has 4 aromatic rings. The van der Waals surface area contributed by atoms with E-state index in [-0.39, 0.29) is 11.7 Å². The molecule has 0 atom stereocenters. The smallest absolute Gasteiger partial charge is 0.250 e. The van der Waals surface area contributed by atoms with Gasteiger partial charge in [-0.05, 0) is 73.2 Å². The summed E-state index contributed by atoms with van der Waals surface area (Å²) in [5.74, 6) is 1.28. The van der Waals surface area contributed by atoms with Crippen LogP contribution in [0.3, 0.4) is 0 Å². The maximum Gasteiger partial charge on any atom is 0.250 e. The predicted octanol–water partition coefficient (Wildman–Crippen LogP) is 5.99. The van der Waals surface area contributed by atoms with Crippen LogP contribution in [0.1, 0.15) is 12.5 Å². The number of ether oxygens (including phenoxy) is 1. The number of benzene rings is 3. The summed E-state index contributed by atoms with van der Waals surface area (Å²) in [6.45, 7) is 2.53. The number of nitrogens with one attached hydrogen (secondary N) is 1. The lowest BCUT2D eigenvalue weighted by Gasteiger charge is -2.11. The van der Waals surface area contributed by atoms with Crippen molar-refractivity contribution in [2.24, 2.45) is 5.10 Å². The normalized spacial score (nSPS) is 11.1. The lowest BCUT2D eigenvalue weighted by atomic mass is 10.2. The summed E-state index contributed by atoms with van der Waals surface area (Å²) >= 11 is 10.7. The van der Waals surface area contributed by atoms with Crippen LogP contribution in [0.15, 0.2) is 87.5 Å². The first-order valence-electron chi connectivity index (χ1n) is 10.7. The Kier molecular flexibility index (Phi) is 8.57. The lowest BCUT2D eigenvalue weighted by Crippen LogP contribution is -2.20. The van der Waals surface area contributed by atoms with Crippen molar-refractivity contribution in [2.45, 2.75) is 12.1 Å². The van der Waals surface area contributed by atoms with E-state index in [2.05, 4.69) is 36.7 Å². The molecule has 0 aliphatic rings. The van der Waals surface area contributed by atoms with E-state index >= 15 is 0 Å². The van der Waals surface area contributed by atoms with Crippen LogP contribution in [0.2, 0.25) is 5.02 Å². The number of hydrogen-bond acceptors (Lipinski definition) is 6. The largest absolute Gasteiger partial charge is 0.494 e. The molecule has 1 N–H and O–H groups in total. The van der Waals surface area contributed by atoms with Crippen molar-refractivity contribution in [1.82, 2.24) is 20.2 Å². The highest BCUT2D eigenvalue weighted by atomic mass is 79.9. The molecule has 7 nitrogen and oxygen atoms in total. The number of thioether (sulfide) groups is 1. The van der Waals surface area contributed by atoms with E-state index in [9.17, 15) is 4.79 Å². The van der Waals surface area contributed by atoms with Gasteiger partial charge in [-0.1, -0.05) is 51.4 Å². The van der Waals surface area contributed by atoms with Crippen LogP contribution >= 0.6 is 39.3 Å². The molecule has 0 radical (unpaired) electrons.